The molecule has 2 rings (SSSR count). The maximum Gasteiger partial charge on any atom is 0.264 e. The number of thiophene rings is 1. The summed E-state index contributed by atoms with van der Waals surface area (Å²) in [5.41, 5.74) is 2.11. The van der Waals surface area contributed by atoms with Crippen molar-refractivity contribution in [3.8, 4) is 10.6 Å². The van der Waals surface area contributed by atoms with Gasteiger partial charge in [-0.15, -0.1) is 11.3 Å². The van der Waals surface area contributed by atoms with E-state index in [9.17, 15) is 13.2 Å². The Morgan fingerprint density at radius 1 is 1.46 bits per heavy atom. The molecule has 0 radical (unpaired) electrons. The first-order valence-corrected chi connectivity index (χ1v) is 10.1. The highest BCUT2D eigenvalue weighted by Crippen LogP contribution is 2.29. The number of hydroxylamine groups is 1. The predicted octanol–water partition coefficient (Wildman–Crippen LogP) is 2.21. The summed E-state index contributed by atoms with van der Waals surface area (Å²) in [6.45, 7) is 3.35. The summed E-state index contributed by atoms with van der Waals surface area (Å²) in [6, 6.07) is 5.73. The zero-order valence-electron chi connectivity index (χ0n) is 13.7. The van der Waals surface area contributed by atoms with Gasteiger partial charge >= 0.3 is 0 Å². The zero-order valence-corrected chi connectivity index (χ0v) is 15.3. The van der Waals surface area contributed by atoms with Crippen LogP contribution in [0.15, 0.2) is 22.7 Å². The molecule has 0 aliphatic carbocycles. The molecular weight excluding hydrogens is 352 g/mol. The van der Waals surface area contributed by atoms with Crippen molar-refractivity contribution in [1.29, 1.82) is 0 Å². The van der Waals surface area contributed by atoms with Crippen LogP contribution in [0.25, 0.3) is 10.6 Å². The Bertz CT molecular complexity index is 825. The van der Waals surface area contributed by atoms with Crippen LogP contribution in [0.2, 0.25) is 0 Å². The molecule has 2 aromatic heterocycles. The summed E-state index contributed by atoms with van der Waals surface area (Å²) in [5.74, 6) is -0.479. The summed E-state index contributed by atoms with van der Waals surface area (Å²) < 4.78 is 27.3. The van der Waals surface area contributed by atoms with Crippen molar-refractivity contribution in [2.45, 2.75) is 37.9 Å². The molecule has 2 heterocycles. The highest BCUT2D eigenvalue weighted by Gasteiger charge is 2.43. The van der Waals surface area contributed by atoms with Crippen molar-refractivity contribution in [3.63, 3.8) is 0 Å². The van der Waals surface area contributed by atoms with E-state index >= 15 is 0 Å². The maximum atomic E-state index is 11.9. The Kier molecular flexibility index (Phi) is 5.46. The van der Waals surface area contributed by atoms with Gasteiger partial charge in [-0.3, -0.25) is 10.0 Å². The van der Waals surface area contributed by atoms with Crippen LogP contribution < -0.4 is 5.48 Å². The van der Waals surface area contributed by atoms with Crippen molar-refractivity contribution in [1.82, 2.24) is 10.6 Å². The summed E-state index contributed by atoms with van der Waals surface area (Å²) in [5, 5.41) is 12.8. The molecule has 132 valence electrons. The number of nitrogens with zero attached hydrogens (tertiary/aromatic N) is 1. The normalized spacial score (nSPS) is 14.3. The van der Waals surface area contributed by atoms with Crippen LogP contribution in [-0.2, 0) is 27.5 Å². The largest absolute Gasteiger partial charge is 0.361 e. The van der Waals surface area contributed by atoms with Gasteiger partial charge in [-0.25, -0.2) is 13.9 Å². The van der Waals surface area contributed by atoms with Crippen LogP contribution in [0, 0.1) is 0 Å². The topological polar surface area (TPSA) is 110 Å². The van der Waals surface area contributed by atoms with Crippen LogP contribution in [0.5, 0.6) is 0 Å². The van der Waals surface area contributed by atoms with Crippen LogP contribution in [0.3, 0.4) is 0 Å². The third-order valence-electron chi connectivity index (χ3n) is 4.07. The van der Waals surface area contributed by atoms with Crippen molar-refractivity contribution in [2.24, 2.45) is 0 Å². The number of rotatable bonds is 7. The molecule has 1 amide bonds. The molecule has 0 saturated carbocycles. The first kappa shape index (κ1) is 18.6. The monoisotopic (exact) mass is 372 g/mol. The highest BCUT2D eigenvalue weighted by atomic mass is 32.2. The fourth-order valence-electron chi connectivity index (χ4n) is 2.20. The van der Waals surface area contributed by atoms with Crippen molar-refractivity contribution in [2.75, 3.05) is 6.26 Å². The molecule has 0 aromatic carbocycles. The molecule has 7 nitrogen and oxygen atoms in total. The van der Waals surface area contributed by atoms with Crippen molar-refractivity contribution in [3.05, 3.63) is 28.8 Å². The Morgan fingerprint density at radius 3 is 2.71 bits per heavy atom. The standard InChI is InChI=1S/C15H20N2O5S2/c1-4-11-5-6-13(23-11)12-9-10(22-17-12)7-8-15(2,14(18)16-19)24(3,20)21/h5-6,9,19H,4,7-8H2,1-3H3,(H,16,18). The number of hydrogen-bond acceptors (Lipinski definition) is 7. The number of amides is 1. The summed E-state index contributed by atoms with van der Waals surface area (Å²) in [6.07, 6.45) is 2.08. The number of carbonyl (C=O) groups is 1. The maximum absolute atomic E-state index is 11.9. The van der Waals surface area contributed by atoms with E-state index in [0.29, 0.717) is 11.5 Å². The molecule has 0 fully saturated rings. The van der Waals surface area contributed by atoms with Crippen LogP contribution in [0.4, 0.5) is 0 Å². The first-order valence-electron chi connectivity index (χ1n) is 7.40. The lowest BCUT2D eigenvalue weighted by molar-refractivity contribution is -0.131. The van der Waals surface area contributed by atoms with Gasteiger partial charge in [0.2, 0.25) is 0 Å². The average Bonchev–Trinajstić information content (AvgIpc) is 3.19. The average molecular weight is 372 g/mol. The second kappa shape index (κ2) is 7.04. The fourth-order valence-corrected chi connectivity index (χ4v) is 3.95. The zero-order chi connectivity index (χ0) is 18.0. The number of aromatic nitrogens is 1. The van der Waals surface area contributed by atoms with Crippen molar-refractivity contribution >= 4 is 27.1 Å². The van der Waals surface area contributed by atoms with Crippen molar-refractivity contribution < 1.29 is 22.9 Å². The molecule has 0 aliphatic heterocycles. The minimum absolute atomic E-state index is 0.0302. The van der Waals surface area contributed by atoms with E-state index in [-0.39, 0.29) is 12.8 Å². The van der Waals surface area contributed by atoms with Gasteiger partial charge in [0.1, 0.15) is 16.2 Å². The molecule has 1 atom stereocenters. The van der Waals surface area contributed by atoms with Gasteiger partial charge in [0.15, 0.2) is 9.84 Å². The molecule has 9 heteroatoms. The second-order valence-corrected chi connectivity index (χ2v) is 9.36. The molecule has 2 aromatic rings. The van der Waals surface area contributed by atoms with E-state index in [2.05, 4.69) is 12.1 Å². The smallest absolute Gasteiger partial charge is 0.264 e. The molecule has 0 aliphatic rings. The SMILES string of the molecule is CCc1ccc(-c2cc(CCC(C)(C(=O)NO)S(C)(=O)=O)on2)s1. The third kappa shape index (κ3) is 3.68. The quantitative estimate of drug-likeness (QED) is 0.570. The molecule has 0 spiro atoms. The third-order valence-corrected chi connectivity index (χ3v) is 7.35. The van der Waals surface area contributed by atoms with Gasteiger partial charge in [-0.1, -0.05) is 12.1 Å². The Labute approximate surface area is 144 Å². The number of sulfone groups is 1. The Balaban J connectivity index is 2.15. The van der Waals surface area contributed by atoms with Gasteiger partial charge in [0.05, 0.1) is 4.88 Å². The summed E-state index contributed by atoms with van der Waals surface area (Å²) in [7, 11) is -3.72. The summed E-state index contributed by atoms with van der Waals surface area (Å²) >= 11 is 1.62. The van der Waals surface area contributed by atoms with E-state index in [4.69, 9.17) is 9.73 Å². The van der Waals surface area contributed by atoms with E-state index in [1.54, 1.807) is 17.4 Å². The van der Waals surface area contributed by atoms with Crippen LogP contribution in [-0.4, -0.2) is 35.7 Å². The number of carbonyl (C=O) groups excluding carboxylic acids is 1. The van der Waals surface area contributed by atoms with Gasteiger partial charge in [0, 0.05) is 23.6 Å². The lowest BCUT2D eigenvalue weighted by atomic mass is 10.0. The van der Waals surface area contributed by atoms with Crippen LogP contribution in [0.1, 0.15) is 30.9 Å². The van der Waals surface area contributed by atoms with E-state index in [1.165, 1.54) is 17.3 Å². The van der Waals surface area contributed by atoms with E-state index in [1.807, 2.05) is 12.1 Å². The predicted molar refractivity (Wildman–Crippen MR) is 90.7 cm³/mol. The van der Waals surface area contributed by atoms with E-state index < -0.39 is 20.5 Å². The molecule has 2 N–H and O–H groups in total. The minimum Gasteiger partial charge on any atom is -0.361 e. The van der Waals surface area contributed by atoms with Gasteiger partial charge in [-0.05, 0) is 31.9 Å². The van der Waals surface area contributed by atoms with Gasteiger partial charge in [-0.2, -0.15) is 0 Å². The highest BCUT2D eigenvalue weighted by molar-refractivity contribution is 7.92. The van der Waals surface area contributed by atoms with Crippen LogP contribution >= 0.6 is 11.3 Å². The number of hydrogen-bond donors (Lipinski definition) is 2. The lowest BCUT2D eigenvalue weighted by Gasteiger charge is -2.24. The number of nitrogens with one attached hydrogen (secondary N) is 1. The van der Waals surface area contributed by atoms with Gasteiger partial charge in [0.25, 0.3) is 5.91 Å². The molecule has 1 unspecified atom stereocenters. The first-order chi connectivity index (χ1) is 11.2. The molecular formula is C15H20N2O5S2. The van der Waals surface area contributed by atoms with E-state index in [0.717, 1.165) is 17.6 Å². The lowest BCUT2D eigenvalue weighted by Crippen LogP contribution is -2.49. The second-order valence-electron chi connectivity index (χ2n) is 5.74. The molecule has 24 heavy (non-hydrogen) atoms. The molecule has 0 saturated heterocycles. The number of aryl methyl sites for hydroxylation is 2. The summed E-state index contributed by atoms with van der Waals surface area (Å²) in [4.78, 5) is 14.0. The fraction of sp³-hybridized carbons (Fsp3) is 0.467. The van der Waals surface area contributed by atoms with Gasteiger partial charge < -0.3 is 4.52 Å². The Morgan fingerprint density at radius 2 is 2.17 bits per heavy atom. The minimum atomic E-state index is -3.72. The molecule has 0 bridgehead atoms. The Hall–Kier alpha value is -1.71.